The first-order chi connectivity index (χ1) is 9.58. The molecular formula is C12H17N3O5S. The van der Waals surface area contributed by atoms with Crippen LogP contribution in [-0.2, 0) is 9.53 Å². The zero-order valence-electron chi connectivity index (χ0n) is 12.1. The van der Waals surface area contributed by atoms with Crippen LogP contribution in [0.1, 0.15) is 36.3 Å². The number of aryl methyl sites for hydroxylation is 1. The summed E-state index contributed by atoms with van der Waals surface area (Å²) in [6.07, 6.45) is -0.725. The number of alkyl carbamates (subject to hydrolysis) is 1. The maximum atomic E-state index is 11.7. The van der Waals surface area contributed by atoms with Crippen molar-refractivity contribution in [3.05, 3.63) is 10.7 Å². The Kier molecular flexibility index (Phi) is 5.25. The zero-order chi connectivity index (χ0) is 16.2. The Bertz CT molecular complexity index is 562. The van der Waals surface area contributed by atoms with Gasteiger partial charge in [0.2, 0.25) is 5.91 Å². The second kappa shape index (κ2) is 6.53. The Morgan fingerprint density at radius 1 is 1.33 bits per heavy atom. The Labute approximate surface area is 125 Å². The molecule has 0 aromatic carbocycles. The summed E-state index contributed by atoms with van der Waals surface area (Å²) in [5.41, 5.74) is -0.880. The molecule has 0 aliphatic carbocycles. The van der Waals surface area contributed by atoms with Gasteiger partial charge in [0, 0.05) is 0 Å². The molecule has 0 aliphatic heterocycles. The fourth-order valence-electron chi connectivity index (χ4n) is 1.29. The van der Waals surface area contributed by atoms with Gasteiger partial charge in [-0.1, -0.05) is 0 Å². The fourth-order valence-corrected chi connectivity index (χ4v) is 2.12. The third-order valence-corrected chi connectivity index (χ3v) is 2.87. The quantitative estimate of drug-likeness (QED) is 0.777. The monoisotopic (exact) mass is 315 g/mol. The Hall–Kier alpha value is -2.16. The van der Waals surface area contributed by atoms with E-state index in [1.54, 1.807) is 27.7 Å². The van der Waals surface area contributed by atoms with Crippen molar-refractivity contribution >= 4 is 34.3 Å². The highest BCUT2D eigenvalue weighted by Gasteiger charge is 2.19. The Morgan fingerprint density at radius 2 is 1.95 bits per heavy atom. The molecule has 2 amide bonds. The lowest BCUT2D eigenvalue weighted by Gasteiger charge is -2.19. The van der Waals surface area contributed by atoms with Gasteiger partial charge in [-0.25, -0.2) is 14.6 Å². The van der Waals surface area contributed by atoms with E-state index in [0.717, 1.165) is 11.3 Å². The number of carboxylic acids is 1. The number of thiazole rings is 1. The van der Waals surface area contributed by atoms with Crippen LogP contribution in [0.5, 0.6) is 0 Å². The molecule has 0 radical (unpaired) electrons. The number of hydrogen-bond acceptors (Lipinski definition) is 6. The van der Waals surface area contributed by atoms with Crippen LogP contribution in [0.15, 0.2) is 0 Å². The molecule has 0 saturated carbocycles. The maximum absolute atomic E-state index is 11.7. The normalized spacial score (nSPS) is 10.9. The van der Waals surface area contributed by atoms with Crippen LogP contribution >= 0.6 is 11.3 Å². The molecule has 1 rings (SSSR count). The smallest absolute Gasteiger partial charge is 0.408 e. The van der Waals surface area contributed by atoms with Gasteiger partial charge < -0.3 is 20.5 Å². The van der Waals surface area contributed by atoms with Gasteiger partial charge in [0.1, 0.15) is 17.1 Å². The van der Waals surface area contributed by atoms with Crippen LogP contribution in [0.25, 0.3) is 0 Å². The summed E-state index contributed by atoms with van der Waals surface area (Å²) in [4.78, 5) is 37.8. The van der Waals surface area contributed by atoms with E-state index in [-0.39, 0.29) is 17.2 Å². The van der Waals surface area contributed by atoms with Gasteiger partial charge in [0.05, 0.1) is 5.01 Å². The Balaban J connectivity index is 2.55. The number of anilines is 1. The van der Waals surface area contributed by atoms with Gasteiger partial charge in [0.15, 0.2) is 5.69 Å². The molecule has 116 valence electrons. The SMILES string of the molecule is Cc1nc(C(=O)O)c(NC(=O)CNC(=O)OC(C)(C)C)s1. The molecule has 0 atom stereocenters. The number of aromatic nitrogens is 1. The van der Waals surface area contributed by atoms with Crippen LogP contribution in [0.2, 0.25) is 0 Å². The number of hydrogen-bond donors (Lipinski definition) is 3. The number of ether oxygens (including phenoxy) is 1. The molecule has 0 fully saturated rings. The first kappa shape index (κ1) is 16.9. The van der Waals surface area contributed by atoms with Crippen LogP contribution in [0.3, 0.4) is 0 Å². The zero-order valence-corrected chi connectivity index (χ0v) is 13.0. The summed E-state index contributed by atoms with van der Waals surface area (Å²) in [5, 5.41) is 14.3. The molecule has 8 nitrogen and oxygen atoms in total. The topological polar surface area (TPSA) is 118 Å². The minimum atomic E-state index is -1.23. The summed E-state index contributed by atoms with van der Waals surface area (Å²) < 4.78 is 4.97. The number of aromatic carboxylic acids is 1. The lowest BCUT2D eigenvalue weighted by molar-refractivity contribution is -0.115. The van der Waals surface area contributed by atoms with Crippen molar-refractivity contribution < 1.29 is 24.2 Å². The van der Waals surface area contributed by atoms with Crippen molar-refractivity contribution in [2.24, 2.45) is 0 Å². The molecule has 0 aliphatic rings. The van der Waals surface area contributed by atoms with Gasteiger partial charge >= 0.3 is 12.1 Å². The molecule has 0 unspecified atom stereocenters. The third kappa shape index (κ3) is 5.78. The number of nitrogens with zero attached hydrogens (tertiary/aromatic N) is 1. The van der Waals surface area contributed by atoms with E-state index >= 15 is 0 Å². The first-order valence-electron chi connectivity index (χ1n) is 6.06. The van der Waals surface area contributed by atoms with Gasteiger partial charge in [-0.3, -0.25) is 4.79 Å². The van der Waals surface area contributed by atoms with Gasteiger partial charge in [-0.2, -0.15) is 0 Å². The van der Waals surface area contributed by atoms with Crippen LogP contribution in [0, 0.1) is 6.92 Å². The second-order valence-corrected chi connectivity index (χ2v) is 6.32. The minimum Gasteiger partial charge on any atom is -0.476 e. The average Bonchev–Trinajstić information content (AvgIpc) is 2.65. The molecule has 3 N–H and O–H groups in total. The van der Waals surface area contributed by atoms with E-state index in [1.165, 1.54) is 0 Å². The first-order valence-corrected chi connectivity index (χ1v) is 6.87. The van der Waals surface area contributed by atoms with Gasteiger partial charge in [-0.05, 0) is 27.7 Å². The van der Waals surface area contributed by atoms with Crippen molar-refractivity contribution in [1.82, 2.24) is 10.3 Å². The van der Waals surface area contributed by atoms with Crippen molar-refractivity contribution in [2.75, 3.05) is 11.9 Å². The number of carbonyl (C=O) groups excluding carboxylic acids is 2. The average molecular weight is 315 g/mol. The van der Waals surface area contributed by atoms with Crippen LogP contribution in [-0.4, -0.2) is 40.2 Å². The number of amides is 2. The minimum absolute atomic E-state index is 0.135. The largest absolute Gasteiger partial charge is 0.476 e. The molecule has 9 heteroatoms. The van der Waals surface area contributed by atoms with E-state index in [1.807, 2.05) is 0 Å². The van der Waals surface area contributed by atoms with Gasteiger partial charge in [-0.15, -0.1) is 11.3 Å². The van der Waals surface area contributed by atoms with Crippen LogP contribution in [0.4, 0.5) is 9.80 Å². The Morgan fingerprint density at radius 3 is 2.48 bits per heavy atom. The van der Waals surface area contributed by atoms with Crippen molar-refractivity contribution in [1.29, 1.82) is 0 Å². The van der Waals surface area contributed by atoms with E-state index in [0.29, 0.717) is 5.01 Å². The third-order valence-electron chi connectivity index (χ3n) is 1.98. The van der Waals surface area contributed by atoms with Crippen LogP contribution < -0.4 is 10.6 Å². The van der Waals surface area contributed by atoms with E-state index in [4.69, 9.17) is 9.84 Å². The lowest BCUT2D eigenvalue weighted by Crippen LogP contribution is -2.37. The molecule has 0 spiro atoms. The van der Waals surface area contributed by atoms with Crippen molar-refractivity contribution in [3.8, 4) is 0 Å². The summed E-state index contributed by atoms with van der Waals surface area (Å²) in [7, 11) is 0. The number of nitrogens with one attached hydrogen (secondary N) is 2. The summed E-state index contributed by atoms with van der Waals surface area (Å²) in [6, 6.07) is 0. The number of carboxylic acid groups (broad SMARTS) is 1. The highest BCUT2D eigenvalue weighted by atomic mass is 32.1. The van der Waals surface area contributed by atoms with Crippen molar-refractivity contribution in [2.45, 2.75) is 33.3 Å². The van der Waals surface area contributed by atoms with Gasteiger partial charge in [0.25, 0.3) is 0 Å². The van der Waals surface area contributed by atoms with Crippen molar-refractivity contribution in [3.63, 3.8) is 0 Å². The lowest BCUT2D eigenvalue weighted by atomic mass is 10.2. The summed E-state index contributed by atoms with van der Waals surface area (Å²) in [5.74, 6) is -1.79. The molecule has 1 heterocycles. The fraction of sp³-hybridized carbons (Fsp3) is 0.500. The molecule has 21 heavy (non-hydrogen) atoms. The molecule has 0 bridgehead atoms. The summed E-state index contributed by atoms with van der Waals surface area (Å²) in [6.45, 7) is 6.40. The molecule has 1 aromatic rings. The van der Waals surface area contributed by atoms with E-state index in [9.17, 15) is 14.4 Å². The molecule has 0 saturated heterocycles. The summed E-state index contributed by atoms with van der Waals surface area (Å²) >= 11 is 1.05. The predicted octanol–water partition coefficient (Wildman–Crippen LogP) is 1.61. The van der Waals surface area contributed by atoms with E-state index < -0.39 is 23.6 Å². The highest BCUT2D eigenvalue weighted by molar-refractivity contribution is 7.16. The number of carbonyl (C=O) groups is 3. The molecule has 1 aromatic heterocycles. The standard InChI is InChI=1S/C12H17N3O5S/c1-6-14-8(10(17)18)9(21-6)15-7(16)5-13-11(19)20-12(2,3)4/h5H2,1-4H3,(H,13,19)(H,15,16)(H,17,18). The number of rotatable bonds is 4. The predicted molar refractivity (Wildman–Crippen MR) is 76.7 cm³/mol. The van der Waals surface area contributed by atoms with E-state index in [2.05, 4.69) is 15.6 Å². The second-order valence-electron chi connectivity index (χ2n) is 5.12. The highest BCUT2D eigenvalue weighted by Crippen LogP contribution is 2.23. The molecular weight excluding hydrogens is 298 g/mol. The maximum Gasteiger partial charge on any atom is 0.408 e.